The van der Waals surface area contributed by atoms with Crippen LogP contribution in [0.3, 0.4) is 0 Å². The summed E-state index contributed by atoms with van der Waals surface area (Å²) in [5, 5.41) is 2.77. The Labute approximate surface area is 159 Å². The maximum Gasteiger partial charge on any atom is 0.416 e. The first-order chi connectivity index (χ1) is 12.9. The Bertz CT molecular complexity index is 775. The van der Waals surface area contributed by atoms with E-state index >= 15 is 0 Å². The summed E-state index contributed by atoms with van der Waals surface area (Å²) in [6.07, 6.45) is -1.35. The van der Waals surface area contributed by atoms with Crippen LogP contribution in [0.1, 0.15) is 27.9 Å². The van der Waals surface area contributed by atoms with Gasteiger partial charge in [-0.25, -0.2) is 4.98 Å². The third-order valence-corrected chi connectivity index (χ3v) is 5.29. The molecule has 1 aliphatic rings. The molecule has 1 atom stereocenters. The van der Waals surface area contributed by atoms with E-state index in [-0.39, 0.29) is 12.0 Å². The number of thioether (sulfide) groups is 1. The number of carbonyl (C=O) groups excluding carboxylic acids is 1. The van der Waals surface area contributed by atoms with E-state index in [1.807, 2.05) is 0 Å². The van der Waals surface area contributed by atoms with E-state index in [0.29, 0.717) is 30.0 Å². The molecule has 1 unspecified atom stereocenters. The van der Waals surface area contributed by atoms with Gasteiger partial charge in [0.15, 0.2) is 0 Å². The van der Waals surface area contributed by atoms with Crippen molar-refractivity contribution < 1.29 is 22.7 Å². The van der Waals surface area contributed by atoms with E-state index in [0.717, 1.165) is 30.1 Å². The first kappa shape index (κ1) is 19.5. The molecule has 27 heavy (non-hydrogen) atoms. The molecule has 2 heterocycles. The molecule has 1 fully saturated rings. The van der Waals surface area contributed by atoms with Gasteiger partial charge in [-0.15, -0.1) is 0 Å². The quantitative estimate of drug-likeness (QED) is 0.803. The van der Waals surface area contributed by atoms with Crippen molar-refractivity contribution in [2.24, 2.45) is 0 Å². The second-order valence-corrected chi connectivity index (χ2v) is 7.31. The van der Waals surface area contributed by atoms with Crippen LogP contribution in [0.4, 0.5) is 13.2 Å². The van der Waals surface area contributed by atoms with Gasteiger partial charge < -0.3 is 10.1 Å². The first-order valence-corrected chi connectivity index (χ1v) is 9.73. The number of halogens is 3. The summed E-state index contributed by atoms with van der Waals surface area (Å²) in [4.78, 5) is 16.6. The molecule has 0 aliphatic carbocycles. The fourth-order valence-corrected chi connectivity index (χ4v) is 3.79. The SMILES string of the molecule is O=C(NCCc1ccc(C(F)(F)F)cc1)c1cccnc1OC1CCSC1. The van der Waals surface area contributed by atoms with Crippen LogP contribution in [-0.2, 0) is 12.6 Å². The van der Waals surface area contributed by atoms with Crippen molar-refractivity contribution in [1.29, 1.82) is 0 Å². The second kappa shape index (κ2) is 8.65. The average Bonchev–Trinajstić information content (AvgIpc) is 3.15. The van der Waals surface area contributed by atoms with Gasteiger partial charge in [0.2, 0.25) is 5.88 Å². The summed E-state index contributed by atoms with van der Waals surface area (Å²) in [5.41, 5.74) is 0.397. The Morgan fingerprint density at radius 2 is 2.04 bits per heavy atom. The monoisotopic (exact) mass is 396 g/mol. The minimum atomic E-state index is -4.35. The highest BCUT2D eigenvalue weighted by Crippen LogP contribution is 2.29. The number of ether oxygens (including phenoxy) is 1. The number of aromatic nitrogens is 1. The van der Waals surface area contributed by atoms with Gasteiger partial charge in [-0.2, -0.15) is 24.9 Å². The summed E-state index contributed by atoms with van der Waals surface area (Å²) in [6.45, 7) is 0.303. The molecule has 1 aliphatic heterocycles. The third-order valence-electron chi connectivity index (χ3n) is 4.16. The Morgan fingerprint density at radius 3 is 2.70 bits per heavy atom. The molecule has 0 saturated carbocycles. The van der Waals surface area contributed by atoms with Gasteiger partial charge in [0.25, 0.3) is 5.91 Å². The van der Waals surface area contributed by atoms with E-state index < -0.39 is 11.7 Å². The van der Waals surface area contributed by atoms with Crippen molar-refractivity contribution in [3.8, 4) is 5.88 Å². The van der Waals surface area contributed by atoms with Gasteiger partial charge in [-0.05, 0) is 48.4 Å². The van der Waals surface area contributed by atoms with E-state index in [1.54, 1.807) is 30.1 Å². The highest BCUT2D eigenvalue weighted by Gasteiger charge is 2.29. The Kier molecular flexibility index (Phi) is 6.26. The van der Waals surface area contributed by atoms with Crippen LogP contribution in [0.5, 0.6) is 5.88 Å². The summed E-state index contributed by atoms with van der Waals surface area (Å²) in [6, 6.07) is 8.25. The van der Waals surface area contributed by atoms with Gasteiger partial charge in [0.1, 0.15) is 11.7 Å². The highest BCUT2D eigenvalue weighted by atomic mass is 32.2. The number of alkyl halides is 3. The molecular weight excluding hydrogens is 377 g/mol. The predicted octanol–water partition coefficient (Wildman–Crippen LogP) is 3.96. The fraction of sp³-hybridized carbons (Fsp3) is 0.368. The largest absolute Gasteiger partial charge is 0.473 e. The molecule has 1 aromatic heterocycles. The minimum Gasteiger partial charge on any atom is -0.473 e. The molecule has 1 saturated heterocycles. The molecule has 144 valence electrons. The average molecular weight is 396 g/mol. The third kappa shape index (κ3) is 5.38. The molecule has 4 nitrogen and oxygen atoms in total. The molecule has 3 rings (SSSR count). The first-order valence-electron chi connectivity index (χ1n) is 8.57. The molecule has 0 radical (unpaired) electrons. The lowest BCUT2D eigenvalue weighted by atomic mass is 10.1. The number of carbonyl (C=O) groups is 1. The smallest absolute Gasteiger partial charge is 0.416 e. The van der Waals surface area contributed by atoms with Crippen LogP contribution in [-0.4, -0.2) is 35.0 Å². The van der Waals surface area contributed by atoms with Crippen LogP contribution in [0.2, 0.25) is 0 Å². The van der Waals surface area contributed by atoms with E-state index in [1.165, 1.54) is 12.1 Å². The number of amides is 1. The van der Waals surface area contributed by atoms with Crippen molar-refractivity contribution in [1.82, 2.24) is 10.3 Å². The second-order valence-electron chi connectivity index (χ2n) is 6.16. The predicted molar refractivity (Wildman–Crippen MR) is 98.1 cm³/mol. The molecule has 0 spiro atoms. The Morgan fingerprint density at radius 1 is 1.26 bits per heavy atom. The minimum absolute atomic E-state index is 0.0589. The molecule has 1 N–H and O–H groups in total. The zero-order valence-electron chi connectivity index (χ0n) is 14.5. The van der Waals surface area contributed by atoms with Gasteiger partial charge in [0.05, 0.1) is 5.56 Å². The number of pyridine rings is 1. The van der Waals surface area contributed by atoms with Crippen LogP contribution in [0.25, 0.3) is 0 Å². The lowest BCUT2D eigenvalue weighted by molar-refractivity contribution is -0.137. The van der Waals surface area contributed by atoms with Crippen molar-refractivity contribution in [2.75, 3.05) is 18.1 Å². The highest BCUT2D eigenvalue weighted by molar-refractivity contribution is 7.99. The number of nitrogens with one attached hydrogen (secondary N) is 1. The molecular formula is C19H19F3N2O2S. The summed E-state index contributed by atoms with van der Waals surface area (Å²) < 4.78 is 43.6. The molecule has 2 aromatic rings. The fourth-order valence-electron chi connectivity index (χ4n) is 2.70. The van der Waals surface area contributed by atoms with Crippen molar-refractivity contribution in [3.63, 3.8) is 0 Å². The van der Waals surface area contributed by atoms with Crippen LogP contribution < -0.4 is 10.1 Å². The van der Waals surface area contributed by atoms with Crippen molar-refractivity contribution >= 4 is 17.7 Å². The molecule has 8 heteroatoms. The maximum atomic E-state index is 12.6. The number of nitrogens with zero attached hydrogens (tertiary/aromatic N) is 1. The lowest BCUT2D eigenvalue weighted by Crippen LogP contribution is -2.27. The van der Waals surface area contributed by atoms with E-state index in [2.05, 4.69) is 10.3 Å². The zero-order chi connectivity index (χ0) is 19.3. The zero-order valence-corrected chi connectivity index (χ0v) is 15.3. The van der Waals surface area contributed by atoms with Crippen molar-refractivity contribution in [3.05, 3.63) is 59.3 Å². The van der Waals surface area contributed by atoms with Crippen LogP contribution >= 0.6 is 11.8 Å². The number of benzene rings is 1. The Hall–Kier alpha value is -2.22. The van der Waals surface area contributed by atoms with Gasteiger partial charge in [-0.1, -0.05) is 12.1 Å². The summed E-state index contributed by atoms with van der Waals surface area (Å²) >= 11 is 1.81. The molecule has 1 amide bonds. The van der Waals surface area contributed by atoms with Gasteiger partial charge in [-0.3, -0.25) is 4.79 Å². The van der Waals surface area contributed by atoms with E-state index in [9.17, 15) is 18.0 Å². The standard InChI is InChI=1S/C19H19F3N2O2S/c20-19(21,22)14-5-3-13(4-6-14)7-10-23-17(25)16-2-1-9-24-18(16)26-15-8-11-27-12-15/h1-6,9,15H,7-8,10-12H2,(H,23,25). The summed E-state index contributed by atoms with van der Waals surface area (Å²) in [7, 11) is 0. The van der Waals surface area contributed by atoms with Crippen molar-refractivity contribution in [2.45, 2.75) is 25.1 Å². The van der Waals surface area contributed by atoms with E-state index in [4.69, 9.17) is 4.74 Å². The van der Waals surface area contributed by atoms with Crippen LogP contribution in [0, 0.1) is 0 Å². The van der Waals surface area contributed by atoms with Gasteiger partial charge in [0, 0.05) is 18.5 Å². The van der Waals surface area contributed by atoms with Crippen LogP contribution in [0.15, 0.2) is 42.6 Å². The topological polar surface area (TPSA) is 51.2 Å². The lowest BCUT2D eigenvalue weighted by Gasteiger charge is -2.14. The normalized spacial score (nSPS) is 16.9. The van der Waals surface area contributed by atoms with Gasteiger partial charge >= 0.3 is 6.18 Å². The maximum absolute atomic E-state index is 12.6. The molecule has 1 aromatic carbocycles. The summed E-state index contributed by atoms with van der Waals surface area (Å²) in [5.74, 6) is 1.92. The molecule has 0 bridgehead atoms. The number of hydrogen-bond acceptors (Lipinski definition) is 4. The number of hydrogen-bond donors (Lipinski definition) is 1. The Balaban J connectivity index is 1.55. The number of rotatable bonds is 6.